The lowest BCUT2D eigenvalue weighted by atomic mass is 10.3. The number of nitrogens with one attached hydrogen (secondary N) is 1. The van der Waals surface area contributed by atoms with E-state index in [1.165, 1.54) is 22.6 Å². The molecule has 11 nitrogen and oxygen atoms in total. The van der Waals surface area contributed by atoms with Gasteiger partial charge >= 0.3 is 11.7 Å². The summed E-state index contributed by atoms with van der Waals surface area (Å²) in [6, 6.07) is 0. The van der Waals surface area contributed by atoms with Crippen molar-refractivity contribution < 1.29 is 19.2 Å². The first-order valence-corrected chi connectivity index (χ1v) is 7.11. The van der Waals surface area contributed by atoms with Crippen molar-refractivity contribution in [2.24, 2.45) is 7.05 Å². The van der Waals surface area contributed by atoms with Crippen molar-refractivity contribution in [3.05, 3.63) is 33.8 Å². The third-order valence-corrected chi connectivity index (χ3v) is 3.20. The number of aromatic nitrogens is 4. The van der Waals surface area contributed by atoms with Gasteiger partial charge in [-0.3, -0.25) is 24.3 Å². The predicted octanol–water partition coefficient (Wildman–Crippen LogP) is 0.974. The number of esters is 1. The van der Waals surface area contributed by atoms with Crippen molar-refractivity contribution in [1.82, 2.24) is 19.6 Å². The van der Waals surface area contributed by atoms with Gasteiger partial charge in [0.25, 0.3) is 5.91 Å². The maximum Gasteiger partial charge on any atom is 0.343 e. The molecule has 24 heavy (non-hydrogen) atoms. The zero-order valence-electron chi connectivity index (χ0n) is 13.3. The monoisotopic (exact) mass is 336 g/mol. The Labute approximate surface area is 136 Å². The van der Waals surface area contributed by atoms with Gasteiger partial charge in [0.2, 0.25) is 5.69 Å². The molecule has 0 spiro atoms. The van der Waals surface area contributed by atoms with Crippen molar-refractivity contribution in [2.75, 3.05) is 11.9 Å². The Balaban J connectivity index is 2.38. The van der Waals surface area contributed by atoms with Crippen LogP contribution in [0.5, 0.6) is 0 Å². The Morgan fingerprint density at radius 3 is 2.62 bits per heavy atom. The van der Waals surface area contributed by atoms with Crippen LogP contribution in [0.4, 0.5) is 11.5 Å². The summed E-state index contributed by atoms with van der Waals surface area (Å²) in [7, 11) is 1.52. The fourth-order valence-corrected chi connectivity index (χ4v) is 2.09. The van der Waals surface area contributed by atoms with E-state index in [1.807, 2.05) is 0 Å². The van der Waals surface area contributed by atoms with Crippen LogP contribution in [0.3, 0.4) is 0 Å². The van der Waals surface area contributed by atoms with Crippen LogP contribution in [0.1, 0.15) is 34.7 Å². The van der Waals surface area contributed by atoms with Gasteiger partial charge in [-0.25, -0.2) is 4.79 Å². The Morgan fingerprint density at radius 1 is 1.33 bits per heavy atom. The number of hydrogen-bond acceptors (Lipinski definition) is 7. The molecule has 0 saturated heterocycles. The molecule has 0 aliphatic rings. The van der Waals surface area contributed by atoms with Crippen molar-refractivity contribution in [1.29, 1.82) is 0 Å². The van der Waals surface area contributed by atoms with E-state index in [0.29, 0.717) is 0 Å². The summed E-state index contributed by atoms with van der Waals surface area (Å²) < 4.78 is 7.36. The molecule has 0 bridgehead atoms. The molecule has 0 fully saturated rings. The summed E-state index contributed by atoms with van der Waals surface area (Å²) >= 11 is 0. The third-order valence-electron chi connectivity index (χ3n) is 3.20. The molecule has 0 aromatic carbocycles. The number of hydrogen-bond donors (Lipinski definition) is 1. The van der Waals surface area contributed by atoms with E-state index >= 15 is 0 Å². The predicted molar refractivity (Wildman–Crippen MR) is 81.7 cm³/mol. The lowest BCUT2D eigenvalue weighted by Crippen LogP contribution is -2.21. The first kappa shape index (κ1) is 17.1. The van der Waals surface area contributed by atoms with Gasteiger partial charge < -0.3 is 10.1 Å². The molecule has 0 aliphatic heterocycles. The minimum Gasteiger partial charge on any atom is -0.462 e. The van der Waals surface area contributed by atoms with Crippen LogP contribution in [0, 0.1) is 10.1 Å². The normalized spacial score (nSPS) is 10.5. The maximum atomic E-state index is 12.5. The molecule has 2 aromatic heterocycles. The van der Waals surface area contributed by atoms with Gasteiger partial charge in [-0.15, -0.1) is 0 Å². The summed E-state index contributed by atoms with van der Waals surface area (Å²) in [6.45, 7) is 3.78. The maximum absolute atomic E-state index is 12.5. The van der Waals surface area contributed by atoms with Crippen LogP contribution in [0.25, 0.3) is 0 Å². The Morgan fingerprint density at radius 2 is 2.04 bits per heavy atom. The number of aryl methyl sites for hydroxylation is 2. The average molecular weight is 336 g/mol. The molecule has 0 radical (unpaired) electrons. The fraction of sp³-hybridized carbons (Fsp3) is 0.385. The van der Waals surface area contributed by atoms with Crippen LogP contribution >= 0.6 is 0 Å². The molecule has 0 saturated carbocycles. The number of carbonyl (C=O) groups is 2. The highest BCUT2D eigenvalue weighted by Gasteiger charge is 2.28. The number of nitro groups is 1. The highest BCUT2D eigenvalue weighted by atomic mass is 16.6. The molecule has 2 heterocycles. The summed E-state index contributed by atoms with van der Waals surface area (Å²) in [4.78, 5) is 34.8. The fourth-order valence-electron chi connectivity index (χ4n) is 2.09. The SMILES string of the molecule is CCOC(=O)c1cnn(C)c1NC(=O)c1c([N+](=O)[O-])cnn1CC. The van der Waals surface area contributed by atoms with Crippen molar-refractivity contribution in [2.45, 2.75) is 20.4 Å². The summed E-state index contributed by atoms with van der Waals surface area (Å²) in [5.41, 5.74) is -0.578. The van der Waals surface area contributed by atoms with Gasteiger partial charge in [0.15, 0.2) is 0 Å². The van der Waals surface area contributed by atoms with Crippen molar-refractivity contribution in [3.63, 3.8) is 0 Å². The van der Waals surface area contributed by atoms with Gasteiger partial charge in [-0.05, 0) is 13.8 Å². The molecular formula is C13H16N6O5. The van der Waals surface area contributed by atoms with E-state index in [-0.39, 0.29) is 30.2 Å². The third kappa shape index (κ3) is 3.09. The van der Waals surface area contributed by atoms with Gasteiger partial charge in [0.05, 0.1) is 17.7 Å². The standard InChI is InChI=1S/C13H16N6O5/c1-4-18-10(9(7-15-18)19(22)23)12(20)16-11-8(6-14-17(11)3)13(21)24-5-2/h6-7H,4-5H2,1-3H3,(H,16,20). The second-order valence-electron chi connectivity index (χ2n) is 4.66. The summed E-state index contributed by atoms with van der Waals surface area (Å²) in [5.74, 6) is -1.34. The highest BCUT2D eigenvalue weighted by molar-refractivity contribution is 6.08. The lowest BCUT2D eigenvalue weighted by molar-refractivity contribution is -0.385. The Bertz CT molecular complexity index is 793. The number of amides is 1. The van der Waals surface area contributed by atoms with Gasteiger partial charge in [-0.2, -0.15) is 10.2 Å². The van der Waals surface area contributed by atoms with Crippen LogP contribution in [-0.2, 0) is 18.3 Å². The molecule has 1 amide bonds. The van der Waals surface area contributed by atoms with Gasteiger partial charge in [0.1, 0.15) is 17.6 Å². The topological polar surface area (TPSA) is 134 Å². The zero-order chi connectivity index (χ0) is 17.9. The number of carbonyl (C=O) groups excluding carboxylic acids is 2. The quantitative estimate of drug-likeness (QED) is 0.472. The molecule has 0 unspecified atom stereocenters. The molecule has 128 valence electrons. The highest BCUT2D eigenvalue weighted by Crippen LogP contribution is 2.21. The second-order valence-corrected chi connectivity index (χ2v) is 4.66. The molecule has 2 rings (SSSR count). The number of ether oxygens (including phenoxy) is 1. The van der Waals surface area contributed by atoms with E-state index in [4.69, 9.17) is 4.74 Å². The summed E-state index contributed by atoms with van der Waals surface area (Å²) in [6.07, 6.45) is 2.26. The molecule has 11 heteroatoms. The van der Waals surface area contributed by atoms with Crippen LogP contribution in [0.2, 0.25) is 0 Å². The molecule has 0 atom stereocenters. The minimum absolute atomic E-state index is 0.0536. The molecule has 2 aromatic rings. The molecule has 0 aliphatic carbocycles. The molecular weight excluding hydrogens is 320 g/mol. The van der Waals surface area contributed by atoms with E-state index in [1.54, 1.807) is 13.8 Å². The average Bonchev–Trinajstić information content (AvgIpc) is 3.12. The molecule has 1 N–H and O–H groups in total. The first-order chi connectivity index (χ1) is 11.4. The smallest absolute Gasteiger partial charge is 0.343 e. The van der Waals surface area contributed by atoms with Crippen molar-refractivity contribution >= 4 is 23.4 Å². The number of anilines is 1. The first-order valence-electron chi connectivity index (χ1n) is 7.11. The van der Waals surface area contributed by atoms with E-state index in [9.17, 15) is 19.7 Å². The van der Waals surface area contributed by atoms with E-state index in [2.05, 4.69) is 15.5 Å². The van der Waals surface area contributed by atoms with E-state index in [0.717, 1.165) is 6.20 Å². The van der Waals surface area contributed by atoms with Crippen LogP contribution in [-0.4, -0.2) is 43.0 Å². The summed E-state index contributed by atoms with van der Waals surface area (Å²) in [5, 5.41) is 21.2. The van der Waals surface area contributed by atoms with Crippen LogP contribution in [0.15, 0.2) is 12.4 Å². The lowest BCUT2D eigenvalue weighted by Gasteiger charge is -2.09. The van der Waals surface area contributed by atoms with Gasteiger partial charge in [-0.1, -0.05) is 0 Å². The van der Waals surface area contributed by atoms with E-state index < -0.39 is 22.5 Å². The zero-order valence-corrected chi connectivity index (χ0v) is 13.3. The largest absolute Gasteiger partial charge is 0.462 e. The Kier molecular flexibility index (Phi) is 4.92. The van der Waals surface area contributed by atoms with Crippen molar-refractivity contribution in [3.8, 4) is 0 Å². The Hall–Kier alpha value is -3.24. The van der Waals surface area contributed by atoms with Gasteiger partial charge in [0, 0.05) is 13.6 Å². The van der Waals surface area contributed by atoms with Crippen LogP contribution < -0.4 is 5.32 Å². The minimum atomic E-state index is -0.768. The second kappa shape index (κ2) is 6.89. The number of nitrogens with zero attached hydrogens (tertiary/aromatic N) is 5. The number of rotatable bonds is 6.